The van der Waals surface area contributed by atoms with E-state index in [0.717, 1.165) is 0 Å². The lowest BCUT2D eigenvalue weighted by Gasteiger charge is -2.14. The van der Waals surface area contributed by atoms with Crippen LogP contribution < -0.4 is 4.74 Å². The van der Waals surface area contributed by atoms with Crippen molar-refractivity contribution in [2.75, 3.05) is 33.0 Å². The van der Waals surface area contributed by atoms with E-state index in [-0.39, 0.29) is 15.4 Å². The highest BCUT2D eigenvalue weighted by molar-refractivity contribution is 7.96. The minimum Gasteiger partial charge on any atom is -0.492 e. The van der Waals surface area contributed by atoms with Gasteiger partial charge in [-0.15, -0.1) is 0 Å². The van der Waals surface area contributed by atoms with Crippen LogP contribution in [-0.2, 0) is 19.7 Å². The van der Waals surface area contributed by atoms with E-state index in [1.165, 1.54) is 18.2 Å². The summed E-state index contributed by atoms with van der Waals surface area (Å²) in [6.07, 6.45) is 0. The number of hydrogen-bond donors (Lipinski definition) is 0. The second-order valence-electron chi connectivity index (χ2n) is 6.48. The number of rotatable bonds is 6. The van der Waals surface area contributed by atoms with Crippen LogP contribution in [0.4, 0.5) is 0 Å². The molecule has 0 radical (unpaired) electrons. The number of hydrogen-bond acceptors (Lipinski definition) is 6. The Balaban J connectivity index is 1.99. The second kappa shape index (κ2) is 7.02. The molecule has 140 valence electrons. The number of nitrogens with zero attached hydrogens (tertiary/aromatic N) is 1. The molecule has 6 nitrogen and oxygen atoms in total. The number of sulfone groups is 2. The highest BCUT2D eigenvalue weighted by Gasteiger charge is 2.43. The summed E-state index contributed by atoms with van der Waals surface area (Å²) in [5, 5.41) is -1.12. The van der Waals surface area contributed by atoms with Gasteiger partial charge in [0.15, 0.2) is 19.7 Å². The van der Waals surface area contributed by atoms with Crippen LogP contribution in [0.1, 0.15) is 10.8 Å². The summed E-state index contributed by atoms with van der Waals surface area (Å²) in [6, 6.07) is 12.5. The molecule has 0 aromatic heterocycles. The van der Waals surface area contributed by atoms with Crippen molar-refractivity contribution in [3.63, 3.8) is 0 Å². The van der Waals surface area contributed by atoms with Crippen LogP contribution in [-0.4, -0.2) is 54.7 Å². The van der Waals surface area contributed by atoms with Gasteiger partial charge in [-0.05, 0) is 50.0 Å². The van der Waals surface area contributed by atoms with Crippen LogP contribution in [0.25, 0.3) is 0 Å². The van der Waals surface area contributed by atoms with E-state index in [2.05, 4.69) is 0 Å². The van der Waals surface area contributed by atoms with Crippen molar-refractivity contribution >= 4 is 19.7 Å². The molecule has 0 N–H and O–H groups in total. The van der Waals surface area contributed by atoms with E-state index in [1.807, 2.05) is 19.0 Å². The Morgan fingerprint density at radius 3 is 2.46 bits per heavy atom. The van der Waals surface area contributed by atoms with Gasteiger partial charge in [-0.3, -0.25) is 0 Å². The molecule has 0 amide bonds. The number of benzene rings is 2. The standard InChI is InChI=1S/C18H21NO5S2/c1-19(2)10-11-24-14-8-9-17-16(12-14)18(13-25(17,20)21)26(22,23)15-6-4-3-5-7-15/h3-9,12,18H,10-11,13H2,1-2H3. The third kappa shape index (κ3) is 3.62. The third-order valence-electron chi connectivity index (χ3n) is 4.29. The smallest absolute Gasteiger partial charge is 0.186 e. The van der Waals surface area contributed by atoms with Crippen LogP contribution in [0.3, 0.4) is 0 Å². The highest BCUT2D eigenvalue weighted by Crippen LogP contribution is 2.42. The fraction of sp³-hybridized carbons (Fsp3) is 0.333. The van der Waals surface area contributed by atoms with Crippen molar-refractivity contribution in [2.24, 2.45) is 0 Å². The fourth-order valence-electron chi connectivity index (χ4n) is 2.91. The second-order valence-corrected chi connectivity index (χ2v) is 10.6. The lowest BCUT2D eigenvalue weighted by atomic mass is 10.1. The van der Waals surface area contributed by atoms with E-state index in [0.29, 0.717) is 18.9 Å². The molecule has 0 bridgehead atoms. The number of fused-ring (bicyclic) bond motifs is 1. The Labute approximate surface area is 154 Å². The molecule has 1 unspecified atom stereocenters. The average molecular weight is 396 g/mol. The van der Waals surface area contributed by atoms with Crippen molar-refractivity contribution in [2.45, 2.75) is 15.0 Å². The van der Waals surface area contributed by atoms with Gasteiger partial charge in [-0.2, -0.15) is 0 Å². The van der Waals surface area contributed by atoms with Gasteiger partial charge in [-0.1, -0.05) is 18.2 Å². The van der Waals surface area contributed by atoms with Crippen LogP contribution in [0.5, 0.6) is 5.75 Å². The first-order valence-electron chi connectivity index (χ1n) is 8.15. The lowest BCUT2D eigenvalue weighted by molar-refractivity contribution is 0.261. The highest BCUT2D eigenvalue weighted by atomic mass is 32.2. The van der Waals surface area contributed by atoms with E-state index in [1.54, 1.807) is 30.3 Å². The molecule has 2 aromatic carbocycles. The van der Waals surface area contributed by atoms with E-state index in [9.17, 15) is 16.8 Å². The number of likely N-dealkylation sites (N-methyl/N-ethyl adjacent to an activating group) is 1. The number of ether oxygens (including phenoxy) is 1. The monoisotopic (exact) mass is 395 g/mol. The molecule has 1 atom stereocenters. The zero-order chi connectivity index (χ0) is 18.9. The van der Waals surface area contributed by atoms with Gasteiger partial charge in [0.05, 0.1) is 15.5 Å². The molecule has 0 saturated carbocycles. The molecule has 2 aromatic rings. The largest absolute Gasteiger partial charge is 0.492 e. The summed E-state index contributed by atoms with van der Waals surface area (Å²) >= 11 is 0. The van der Waals surface area contributed by atoms with Crippen molar-refractivity contribution < 1.29 is 21.6 Å². The summed E-state index contributed by atoms with van der Waals surface area (Å²) in [6.45, 7) is 1.12. The van der Waals surface area contributed by atoms with Crippen molar-refractivity contribution in [3.8, 4) is 5.75 Å². The SMILES string of the molecule is CN(C)CCOc1ccc2c(c1)C(S(=O)(=O)c1ccccc1)CS2(=O)=O. The molecule has 3 rings (SSSR count). The summed E-state index contributed by atoms with van der Waals surface area (Å²) in [5.41, 5.74) is 0.288. The molecule has 0 fully saturated rings. The zero-order valence-corrected chi connectivity index (χ0v) is 16.3. The van der Waals surface area contributed by atoms with Gasteiger partial charge >= 0.3 is 0 Å². The molecule has 0 aliphatic carbocycles. The van der Waals surface area contributed by atoms with Gasteiger partial charge in [0.2, 0.25) is 0 Å². The summed E-state index contributed by atoms with van der Waals surface area (Å²) in [5.74, 6) is 0.0247. The minimum atomic E-state index is -3.82. The van der Waals surface area contributed by atoms with Crippen LogP contribution >= 0.6 is 0 Å². The summed E-state index contributed by atoms with van der Waals surface area (Å²) < 4.78 is 56.5. The third-order valence-corrected chi connectivity index (χ3v) is 8.41. The molecule has 1 heterocycles. The molecular weight excluding hydrogens is 374 g/mol. The predicted octanol–water partition coefficient (Wildman–Crippen LogP) is 1.93. The summed E-state index contributed by atoms with van der Waals surface area (Å²) in [4.78, 5) is 2.15. The van der Waals surface area contributed by atoms with Gasteiger partial charge < -0.3 is 9.64 Å². The van der Waals surface area contributed by atoms with Gasteiger partial charge in [0, 0.05) is 6.54 Å². The summed E-state index contributed by atoms with van der Waals surface area (Å²) in [7, 11) is -3.62. The Morgan fingerprint density at radius 1 is 1.12 bits per heavy atom. The topological polar surface area (TPSA) is 80.8 Å². The Hall–Kier alpha value is -1.90. The van der Waals surface area contributed by atoms with Gasteiger partial charge in [0.25, 0.3) is 0 Å². The Bertz CT molecular complexity index is 999. The maximum absolute atomic E-state index is 13.0. The van der Waals surface area contributed by atoms with Crippen LogP contribution in [0.15, 0.2) is 58.3 Å². The Kier molecular flexibility index (Phi) is 5.09. The average Bonchev–Trinajstić information content (AvgIpc) is 2.87. The molecule has 1 aliphatic rings. The predicted molar refractivity (Wildman–Crippen MR) is 98.9 cm³/mol. The van der Waals surface area contributed by atoms with Crippen molar-refractivity contribution in [3.05, 3.63) is 54.1 Å². The first-order valence-corrected chi connectivity index (χ1v) is 11.3. The molecule has 26 heavy (non-hydrogen) atoms. The molecule has 0 spiro atoms. The van der Waals surface area contributed by atoms with Crippen LogP contribution in [0, 0.1) is 0 Å². The first kappa shape index (κ1) is 18.9. The Morgan fingerprint density at radius 2 is 1.81 bits per heavy atom. The first-order chi connectivity index (χ1) is 12.2. The quantitative estimate of drug-likeness (QED) is 0.743. The fourth-order valence-corrected chi connectivity index (χ4v) is 7.22. The minimum absolute atomic E-state index is 0.0713. The maximum Gasteiger partial charge on any atom is 0.186 e. The maximum atomic E-state index is 13.0. The van der Waals surface area contributed by atoms with E-state index < -0.39 is 30.7 Å². The van der Waals surface area contributed by atoms with Crippen LogP contribution in [0.2, 0.25) is 0 Å². The van der Waals surface area contributed by atoms with E-state index in [4.69, 9.17) is 4.74 Å². The molecule has 8 heteroatoms. The van der Waals surface area contributed by atoms with E-state index >= 15 is 0 Å². The lowest BCUT2D eigenvalue weighted by Crippen LogP contribution is -2.19. The molecular formula is C18H21NO5S2. The molecule has 1 aliphatic heterocycles. The normalized spacial score (nSPS) is 18.7. The zero-order valence-electron chi connectivity index (χ0n) is 14.6. The molecule has 0 saturated heterocycles. The van der Waals surface area contributed by atoms with Gasteiger partial charge in [0.1, 0.15) is 17.6 Å². The van der Waals surface area contributed by atoms with Gasteiger partial charge in [-0.25, -0.2) is 16.8 Å². The van der Waals surface area contributed by atoms with Crippen molar-refractivity contribution in [1.82, 2.24) is 4.90 Å². The van der Waals surface area contributed by atoms with Crippen molar-refractivity contribution in [1.29, 1.82) is 0 Å².